The van der Waals surface area contributed by atoms with E-state index in [4.69, 9.17) is 17.3 Å². The van der Waals surface area contributed by atoms with Gasteiger partial charge in [-0.3, -0.25) is 0 Å². The van der Waals surface area contributed by atoms with Crippen molar-refractivity contribution in [3.63, 3.8) is 0 Å². The van der Waals surface area contributed by atoms with E-state index >= 15 is 0 Å². The number of hydrogen-bond donors (Lipinski definition) is 2. The van der Waals surface area contributed by atoms with Crippen molar-refractivity contribution in [1.82, 2.24) is 4.31 Å². The fraction of sp³-hybridized carbons (Fsp3) is 0.538. The molecule has 7 heteroatoms. The smallest absolute Gasteiger partial charge is 0.243 e. The number of benzene rings is 1. The Morgan fingerprint density at radius 1 is 1.50 bits per heavy atom. The van der Waals surface area contributed by atoms with Crippen molar-refractivity contribution < 1.29 is 13.5 Å². The van der Waals surface area contributed by atoms with Crippen LogP contribution in [-0.4, -0.2) is 37.5 Å². The van der Waals surface area contributed by atoms with E-state index in [-0.39, 0.29) is 17.4 Å². The van der Waals surface area contributed by atoms with E-state index in [1.165, 1.54) is 10.4 Å². The van der Waals surface area contributed by atoms with Crippen LogP contribution >= 0.6 is 11.6 Å². The maximum absolute atomic E-state index is 12.7. The number of hydrogen-bond acceptors (Lipinski definition) is 4. The Bertz CT molecular complexity index is 604. The summed E-state index contributed by atoms with van der Waals surface area (Å²) in [5.41, 5.74) is 6.68. The number of halogens is 1. The minimum absolute atomic E-state index is 0.00267. The summed E-state index contributed by atoms with van der Waals surface area (Å²) in [7, 11) is -3.62. The molecule has 112 valence electrons. The molecule has 1 unspecified atom stereocenters. The van der Waals surface area contributed by atoms with E-state index in [1.807, 2.05) is 0 Å². The minimum Gasteiger partial charge on any atom is -0.398 e. The molecule has 1 saturated heterocycles. The first-order chi connectivity index (χ1) is 9.36. The average Bonchev–Trinajstić information content (AvgIpc) is 2.42. The van der Waals surface area contributed by atoms with E-state index in [0.717, 1.165) is 12.8 Å². The Kier molecular flexibility index (Phi) is 4.59. The molecule has 20 heavy (non-hydrogen) atoms. The molecule has 0 spiro atoms. The van der Waals surface area contributed by atoms with Crippen molar-refractivity contribution in [3.05, 3.63) is 22.7 Å². The van der Waals surface area contributed by atoms with Gasteiger partial charge in [0, 0.05) is 30.4 Å². The molecule has 1 heterocycles. The van der Waals surface area contributed by atoms with Crippen LogP contribution in [0.1, 0.15) is 18.4 Å². The zero-order valence-corrected chi connectivity index (χ0v) is 12.9. The van der Waals surface area contributed by atoms with Crippen molar-refractivity contribution in [1.29, 1.82) is 0 Å². The van der Waals surface area contributed by atoms with Crippen molar-refractivity contribution >= 4 is 27.3 Å². The Labute approximate surface area is 124 Å². The lowest BCUT2D eigenvalue weighted by molar-refractivity contribution is 0.165. The number of nitrogens with zero attached hydrogens (tertiary/aromatic N) is 1. The molecule has 1 aromatic carbocycles. The summed E-state index contributed by atoms with van der Waals surface area (Å²) in [6.07, 6.45) is 1.60. The zero-order valence-electron chi connectivity index (χ0n) is 11.3. The molecule has 0 aromatic heterocycles. The Morgan fingerprint density at radius 2 is 2.20 bits per heavy atom. The molecular weight excluding hydrogens is 300 g/mol. The van der Waals surface area contributed by atoms with Crippen LogP contribution in [0.4, 0.5) is 5.69 Å². The molecule has 2 rings (SSSR count). The first-order valence-corrected chi connectivity index (χ1v) is 8.34. The lowest BCUT2D eigenvalue weighted by Crippen LogP contribution is -2.41. The maximum Gasteiger partial charge on any atom is 0.243 e. The topological polar surface area (TPSA) is 83.6 Å². The number of aliphatic hydroxyl groups excluding tert-OH is 1. The Balaban J connectivity index is 2.40. The molecule has 5 nitrogen and oxygen atoms in total. The number of piperidine rings is 1. The second-order valence-corrected chi connectivity index (χ2v) is 7.51. The van der Waals surface area contributed by atoms with Crippen LogP contribution in [0.15, 0.2) is 17.0 Å². The monoisotopic (exact) mass is 318 g/mol. The van der Waals surface area contributed by atoms with Crippen molar-refractivity contribution in [2.45, 2.75) is 24.7 Å². The Morgan fingerprint density at radius 3 is 2.85 bits per heavy atom. The normalized spacial score (nSPS) is 21.1. The molecule has 1 aliphatic rings. The van der Waals surface area contributed by atoms with Crippen LogP contribution in [0.3, 0.4) is 0 Å². The summed E-state index contributed by atoms with van der Waals surface area (Å²) in [5.74, 6) is -0.00429. The second-order valence-electron chi connectivity index (χ2n) is 5.17. The number of nitrogens with two attached hydrogens (primary N) is 1. The molecule has 0 bridgehead atoms. The lowest BCUT2D eigenvalue weighted by atomic mass is 10.0. The zero-order chi connectivity index (χ0) is 14.9. The van der Waals surface area contributed by atoms with Gasteiger partial charge in [0.15, 0.2) is 0 Å². The van der Waals surface area contributed by atoms with Gasteiger partial charge in [-0.15, -0.1) is 0 Å². The molecule has 1 aliphatic heterocycles. The quantitative estimate of drug-likeness (QED) is 0.830. The SMILES string of the molecule is Cc1c(N)cc(Cl)cc1S(=O)(=O)N1CCCC(CO)C1. The highest BCUT2D eigenvalue weighted by Crippen LogP contribution is 2.30. The van der Waals surface area contributed by atoms with Gasteiger partial charge in [0.2, 0.25) is 10.0 Å². The van der Waals surface area contributed by atoms with Crippen LogP contribution in [0.25, 0.3) is 0 Å². The molecule has 0 amide bonds. The lowest BCUT2D eigenvalue weighted by Gasteiger charge is -2.31. The highest BCUT2D eigenvalue weighted by atomic mass is 35.5. The average molecular weight is 319 g/mol. The van der Waals surface area contributed by atoms with Gasteiger partial charge in [-0.1, -0.05) is 11.6 Å². The summed E-state index contributed by atoms with van der Waals surface area (Å²) in [5, 5.41) is 9.53. The standard InChI is InChI=1S/C13H19ClN2O3S/c1-9-12(15)5-11(14)6-13(9)20(18,19)16-4-2-3-10(7-16)8-17/h5-6,10,17H,2-4,7-8,15H2,1H3. The van der Waals surface area contributed by atoms with Crippen LogP contribution in [0.2, 0.25) is 5.02 Å². The molecule has 0 radical (unpaired) electrons. The van der Waals surface area contributed by atoms with Gasteiger partial charge < -0.3 is 10.8 Å². The number of aliphatic hydroxyl groups is 1. The molecule has 3 N–H and O–H groups in total. The highest BCUT2D eigenvalue weighted by molar-refractivity contribution is 7.89. The summed E-state index contributed by atoms with van der Waals surface area (Å²) in [6, 6.07) is 2.98. The van der Waals surface area contributed by atoms with E-state index in [0.29, 0.717) is 29.4 Å². The number of sulfonamides is 1. The molecular formula is C13H19ClN2O3S. The van der Waals surface area contributed by atoms with Gasteiger partial charge in [0.25, 0.3) is 0 Å². The first-order valence-electron chi connectivity index (χ1n) is 6.53. The highest BCUT2D eigenvalue weighted by Gasteiger charge is 2.31. The molecule has 0 saturated carbocycles. The minimum atomic E-state index is -3.62. The van der Waals surface area contributed by atoms with Crippen molar-refractivity contribution in [2.24, 2.45) is 5.92 Å². The third-order valence-electron chi connectivity index (χ3n) is 3.72. The second kappa shape index (κ2) is 5.89. The fourth-order valence-corrected chi connectivity index (χ4v) is 4.60. The van der Waals surface area contributed by atoms with Crippen LogP contribution in [0.5, 0.6) is 0 Å². The van der Waals surface area contributed by atoms with Gasteiger partial charge in [-0.05, 0) is 43.4 Å². The largest absolute Gasteiger partial charge is 0.398 e. The van der Waals surface area contributed by atoms with E-state index in [1.54, 1.807) is 13.0 Å². The van der Waals surface area contributed by atoms with Gasteiger partial charge in [0.1, 0.15) is 0 Å². The van der Waals surface area contributed by atoms with Crippen LogP contribution in [-0.2, 0) is 10.0 Å². The number of anilines is 1. The van der Waals surface area contributed by atoms with Gasteiger partial charge in [-0.2, -0.15) is 4.31 Å². The summed E-state index contributed by atoms with van der Waals surface area (Å²) in [4.78, 5) is 0.154. The van der Waals surface area contributed by atoms with Gasteiger partial charge >= 0.3 is 0 Å². The summed E-state index contributed by atoms with van der Waals surface area (Å²) >= 11 is 5.92. The molecule has 1 fully saturated rings. The molecule has 1 atom stereocenters. The Hall–Kier alpha value is -0.820. The predicted octanol–water partition coefficient (Wildman–Crippen LogP) is 1.62. The van der Waals surface area contributed by atoms with E-state index in [9.17, 15) is 13.5 Å². The van der Waals surface area contributed by atoms with Crippen molar-refractivity contribution in [2.75, 3.05) is 25.4 Å². The number of nitrogen functional groups attached to an aromatic ring is 1. The maximum atomic E-state index is 12.7. The van der Waals surface area contributed by atoms with Crippen LogP contribution in [0, 0.1) is 12.8 Å². The van der Waals surface area contributed by atoms with Crippen LogP contribution < -0.4 is 5.73 Å². The van der Waals surface area contributed by atoms with Gasteiger partial charge in [0.05, 0.1) is 4.90 Å². The fourth-order valence-electron chi connectivity index (χ4n) is 2.48. The molecule has 1 aromatic rings. The van der Waals surface area contributed by atoms with E-state index in [2.05, 4.69) is 0 Å². The van der Waals surface area contributed by atoms with Crippen molar-refractivity contribution in [3.8, 4) is 0 Å². The summed E-state index contributed by atoms with van der Waals surface area (Å²) < 4.78 is 26.8. The van der Waals surface area contributed by atoms with Gasteiger partial charge in [-0.25, -0.2) is 8.42 Å². The predicted molar refractivity (Wildman–Crippen MR) is 79.2 cm³/mol. The summed E-state index contributed by atoms with van der Waals surface area (Å²) in [6.45, 7) is 2.48. The third kappa shape index (κ3) is 2.93. The number of rotatable bonds is 3. The molecule has 0 aliphatic carbocycles. The third-order valence-corrected chi connectivity index (χ3v) is 5.93. The first kappa shape index (κ1) is 15.6. The van der Waals surface area contributed by atoms with E-state index < -0.39 is 10.0 Å².